The van der Waals surface area contributed by atoms with E-state index in [0.29, 0.717) is 42.9 Å². The summed E-state index contributed by atoms with van der Waals surface area (Å²) in [4.78, 5) is 35.6. The fourth-order valence-electron chi connectivity index (χ4n) is 2.82. The van der Waals surface area contributed by atoms with Gasteiger partial charge in [0.25, 0.3) is 0 Å². The fourth-order valence-corrected chi connectivity index (χ4v) is 2.82. The first-order chi connectivity index (χ1) is 16.5. The van der Waals surface area contributed by atoms with Crippen LogP contribution in [0.5, 0.6) is 17.2 Å². The van der Waals surface area contributed by atoms with Crippen LogP contribution in [0.25, 0.3) is 0 Å². The van der Waals surface area contributed by atoms with Crippen LogP contribution in [-0.4, -0.2) is 31.1 Å². The molecule has 0 aromatic heterocycles. The van der Waals surface area contributed by atoms with Crippen LogP contribution < -0.4 is 14.2 Å². The molecule has 34 heavy (non-hydrogen) atoms. The molecule has 3 aromatic rings. The third-order valence-corrected chi connectivity index (χ3v) is 4.54. The molecule has 0 aliphatic heterocycles. The summed E-state index contributed by atoms with van der Waals surface area (Å²) in [5.41, 5.74) is 0.763. The van der Waals surface area contributed by atoms with Crippen molar-refractivity contribution in [3.63, 3.8) is 0 Å². The lowest BCUT2D eigenvalue weighted by atomic mass is 10.2. The Morgan fingerprint density at radius 1 is 0.676 bits per heavy atom. The summed E-state index contributed by atoms with van der Waals surface area (Å²) < 4.78 is 21.3. The first kappa shape index (κ1) is 24.3. The maximum Gasteiger partial charge on any atom is 0.343 e. The Labute approximate surface area is 197 Å². The van der Waals surface area contributed by atoms with E-state index in [-0.39, 0.29) is 11.5 Å². The van der Waals surface area contributed by atoms with E-state index >= 15 is 0 Å². The van der Waals surface area contributed by atoms with E-state index in [9.17, 15) is 14.4 Å². The molecule has 0 heterocycles. The Hall–Kier alpha value is -4.39. The van der Waals surface area contributed by atoms with E-state index in [2.05, 4.69) is 6.58 Å². The quantitative estimate of drug-likeness (QED) is 0.172. The van der Waals surface area contributed by atoms with Crippen molar-refractivity contribution < 1.29 is 33.3 Å². The molecule has 0 aliphatic carbocycles. The van der Waals surface area contributed by atoms with E-state index in [0.717, 1.165) is 6.08 Å². The predicted molar refractivity (Wildman–Crippen MR) is 125 cm³/mol. The van der Waals surface area contributed by atoms with Crippen LogP contribution in [0.4, 0.5) is 0 Å². The van der Waals surface area contributed by atoms with Crippen LogP contribution >= 0.6 is 0 Å². The highest BCUT2D eigenvalue weighted by molar-refractivity contribution is 5.92. The number of rotatable bonds is 11. The summed E-state index contributed by atoms with van der Waals surface area (Å²) in [7, 11) is 0. The summed E-state index contributed by atoms with van der Waals surface area (Å²) in [6.07, 6.45) is 2.50. The number of hydrogen-bond donors (Lipinski definition) is 0. The monoisotopic (exact) mass is 460 g/mol. The summed E-state index contributed by atoms with van der Waals surface area (Å²) in [6.45, 7) is 4.09. The Morgan fingerprint density at radius 2 is 1.26 bits per heavy atom. The van der Waals surface area contributed by atoms with Gasteiger partial charge in [-0.25, -0.2) is 14.4 Å². The summed E-state index contributed by atoms with van der Waals surface area (Å²) >= 11 is 0. The van der Waals surface area contributed by atoms with Crippen molar-refractivity contribution in [2.24, 2.45) is 0 Å². The molecule has 0 aliphatic rings. The molecular formula is C27H24O7. The highest BCUT2D eigenvalue weighted by atomic mass is 16.5. The Balaban J connectivity index is 1.47. The average molecular weight is 460 g/mol. The van der Waals surface area contributed by atoms with E-state index in [1.165, 1.54) is 6.07 Å². The molecule has 174 valence electrons. The molecule has 0 radical (unpaired) electrons. The van der Waals surface area contributed by atoms with Gasteiger partial charge in [0.1, 0.15) is 17.2 Å². The molecule has 0 atom stereocenters. The number of carbonyl (C=O) groups is 3. The van der Waals surface area contributed by atoms with Gasteiger partial charge in [0.15, 0.2) is 0 Å². The van der Waals surface area contributed by atoms with Gasteiger partial charge < -0.3 is 18.9 Å². The SMILES string of the molecule is C=CC(=O)OCCCCOc1ccc(C(=O)Oc2cccc(OC(=O)c3ccccc3)c2)cc1. The van der Waals surface area contributed by atoms with Gasteiger partial charge in [-0.2, -0.15) is 0 Å². The van der Waals surface area contributed by atoms with Crippen molar-refractivity contribution >= 4 is 17.9 Å². The van der Waals surface area contributed by atoms with Crippen LogP contribution in [0.2, 0.25) is 0 Å². The zero-order valence-electron chi connectivity index (χ0n) is 18.5. The maximum absolute atomic E-state index is 12.5. The molecular weight excluding hydrogens is 436 g/mol. The molecule has 0 spiro atoms. The standard InChI is InChI=1S/C27H24O7/c1-2-25(28)32-18-7-6-17-31-22-15-13-21(14-16-22)27(30)34-24-12-8-11-23(19-24)33-26(29)20-9-4-3-5-10-20/h2-5,8-16,19H,1,6-7,17-18H2. The number of benzene rings is 3. The van der Waals surface area contributed by atoms with Crippen LogP contribution in [0.3, 0.4) is 0 Å². The minimum atomic E-state index is -0.554. The van der Waals surface area contributed by atoms with Crippen LogP contribution in [0.15, 0.2) is 91.5 Å². The Bertz CT molecular complexity index is 1120. The van der Waals surface area contributed by atoms with Crippen molar-refractivity contribution in [1.82, 2.24) is 0 Å². The Kier molecular flexibility index (Phi) is 8.99. The van der Waals surface area contributed by atoms with Crippen molar-refractivity contribution in [3.8, 4) is 17.2 Å². The predicted octanol–water partition coefficient (Wildman–Crippen LogP) is 5.01. The summed E-state index contributed by atoms with van der Waals surface area (Å²) in [5, 5.41) is 0. The van der Waals surface area contributed by atoms with Crippen molar-refractivity contribution in [2.45, 2.75) is 12.8 Å². The zero-order valence-corrected chi connectivity index (χ0v) is 18.5. The lowest BCUT2D eigenvalue weighted by Gasteiger charge is -2.09. The number of carbonyl (C=O) groups excluding carboxylic acids is 3. The molecule has 0 saturated heterocycles. The molecule has 7 nitrogen and oxygen atoms in total. The van der Waals surface area contributed by atoms with Gasteiger partial charge in [-0.05, 0) is 61.4 Å². The van der Waals surface area contributed by atoms with Crippen LogP contribution in [0, 0.1) is 0 Å². The van der Waals surface area contributed by atoms with Gasteiger partial charge in [0.2, 0.25) is 0 Å². The third kappa shape index (κ3) is 7.63. The van der Waals surface area contributed by atoms with Crippen molar-refractivity contribution in [1.29, 1.82) is 0 Å². The number of esters is 3. The smallest absolute Gasteiger partial charge is 0.343 e. The lowest BCUT2D eigenvalue weighted by molar-refractivity contribution is -0.137. The molecule has 3 rings (SSSR count). The van der Waals surface area contributed by atoms with Gasteiger partial charge in [-0.1, -0.05) is 30.8 Å². The minimum absolute atomic E-state index is 0.251. The fraction of sp³-hybridized carbons (Fsp3) is 0.148. The second kappa shape index (κ2) is 12.6. The third-order valence-electron chi connectivity index (χ3n) is 4.54. The zero-order chi connectivity index (χ0) is 24.2. The first-order valence-corrected chi connectivity index (χ1v) is 10.7. The molecule has 0 amide bonds. The van der Waals surface area contributed by atoms with E-state index in [4.69, 9.17) is 18.9 Å². The van der Waals surface area contributed by atoms with E-state index in [1.807, 2.05) is 6.07 Å². The number of ether oxygens (including phenoxy) is 4. The second-order valence-electron chi connectivity index (χ2n) is 7.07. The van der Waals surface area contributed by atoms with Crippen molar-refractivity contribution in [2.75, 3.05) is 13.2 Å². The maximum atomic E-state index is 12.5. The molecule has 0 unspecified atom stereocenters. The normalized spacial score (nSPS) is 10.1. The van der Waals surface area contributed by atoms with Gasteiger partial charge >= 0.3 is 17.9 Å². The molecule has 0 N–H and O–H groups in total. The van der Waals surface area contributed by atoms with Crippen LogP contribution in [-0.2, 0) is 9.53 Å². The van der Waals surface area contributed by atoms with Gasteiger partial charge in [0.05, 0.1) is 24.3 Å². The molecule has 0 saturated carbocycles. The molecule has 0 fully saturated rings. The minimum Gasteiger partial charge on any atom is -0.494 e. The van der Waals surface area contributed by atoms with Crippen molar-refractivity contribution in [3.05, 3.63) is 103 Å². The van der Waals surface area contributed by atoms with E-state index < -0.39 is 17.9 Å². The number of hydrogen-bond acceptors (Lipinski definition) is 7. The van der Waals surface area contributed by atoms with E-state index in [1.54, 1.807) is 66.7 Å². The second-order valence-corrected chi connectivity index (χ2v) is 7.07. The topological polar surface area (TPSA) is 88.1 Å². The Morgan fingerprint density at radius 3 is 1.88 bits per heavy atom. The lowest BCUT2D eigenvalue weighted by Crippen LogP contribution is -2.10. The molecule has 3 aromatic carbocycles. The summed E-state index contributed by atoms with van der Waals surface area (Å²) in [5.74, 6) is -0.375. The van der Waals surface area contributed by atoms with Gasteiger partial charge in [-0.3, -0.25) is 0 Å². The summed E-state index contributed by atoms with van der Waals surface area (Å²) in [6, 6.07) is 21.5. The molecule has 0 bridgehead atoms. The van der Waals surface area contributed by atoms with Crippen LogP contribution in [0.1, 0.15) is 33.6 Å². The van der Waals surface area contributed by atoms with Gasteiger partial charge in [-0.15, -0.1) is 0 Å². The first-order valence-electron chi connectivity index (χ1n) is 10.7. The molecule has 7 heteroatoms. The van der Waals surface area contributed by atoms with Gasteiger partial charge in [0, 0.05) is 12.1 Å². The highest BCUT2D eigenvalue weighted by Gasteiger charge is 2.12. The highest BCUT2D eigenvalue weighted by Crippen LogP contribution is 2.22. The number of unbranched alkanes of at least 4 members (excludes halogenated alkanes) is 1. The average Bonchev–Trinajstić information content (AvgIpc) is 2.87. The largest absolute Gasteiger partial charge is 0.494 e.